The highest BCUT2D eigenvalue weighted by atomic mass is 35.5. The molecule has 1 amide bonds. The standard InChI is InChI=1S/C26H25ClN4O/c27-23-12-10-21(11-13-23)24-26(22-6-2-1-3-7-22,30-18-31(24)17-19-8-9-19)25(32)29-16-20-5-4-14-28-15-20/h1-7,10-15,18-19,24H,8-9,16-17H2,(H,29,32)/t24-,26+/m0/s1. The van der Waals surface area contributed by atoms with Gasteiger partial charge in [0.1, 0.15) is 0 Å². The molecule has 3 aromatic rings. The minimum Gasteiger partial charge on any atom is -0.352 e. The molecule has 0 bridgehead atoms. The highest BCUT2D eigenvalue weighted by Gasteiger charge is 2.53. The first-order valence-corrected chi connectivity index (χ1v) is 11.3. The molecule has 0 saturated heterocycles. The number of pyridine rings is 1. The number of carbonyl (C=O) groups excluding carboxylic acids is 1. The Morgan fingerprint density at radius 2 is 1.84 bits per heavy atom. The average molecular weight is 445 g/mol. The molecule has 5 nitrogen and oxygen atoms in total. The molecule has 6 heteroatoms. The molecule has 0 spiro atoms. The van der Waals surface area contributed by atoms with Gasteiger partial charge in [-0.3, -0.25) is 14.8 Å². The van der Waals surface area contributed by atoms with Crippen LogP contribution in [0.15, 0.2) is 84.1 Å². The van der Waals surface area contributed by atoms with Crippen LogP contribution in [0.3, 0.4) is 0 Å². The third-order valence-corrected chi connectivity index (χ3v) is 6.48. The minimum atomic E-state index is -1.09. The van der Waals surface area contributed by atoms with Gasteiger partial charge >= 0.3 is 0 Å². The molecular weight excluding hydrogens is 420 g/mol. The van der Waals surface area contributed by atoms with Crippen LogP contribution in [0.4, 0.5) is 0 Å². The number of aliphatic imine (C=N–C) groups is 1. The van der Waals surface area contributed by atoms with Crippen molar-refractivity contribution in [1.82, 2.24) is 15.2 Å². The molecule has 1 saturated carbocycles. The topological polar surface area (TPSA) is 57.6 Å². The van der Waals surface area contributed by atoms with E-state index in [0.717, 1.165) is 23.2 Å². The fraction of sp³-hybridized carbons (Fsp3) is 0.269. The van der Waals surface area contributed by atoms with Crippen molar-refractivity contribution in [2.24, 2.45) is 10.9 Å². The van der Waals surface area contributed by atoms with Gasteiger partial charge in [-0.1, -0.05) is 60.1 Å². The molecule has 0 radical (unpaired) electrons. The Morgan fingerprint density at radius 3 is 2.53 bits per heavy atom. The third kappa shape index (κ3) is 4.00. The van der Waals surface area contributed by atoms with E-state index in [1.165, 1.54) is 12.8 Å². The van der Waals surface area contributed by atoms with Gasteiger partial charge in [-0.15, -0.1) is 0 Å². The largest absolute Gasteiger partial charge is 0.352 e. The number of benzene rings is 2. The highest BCUT2D eigenvalue weighted by Crippen LogP contribution is 2.47. The van der Waals surface area contributed by atoms with Crippen LogP contribution in [0.1, 0.15) is 35.6 Å². The van der Waals surface area contributed by atoms with Crippen LogP contribution >= 0.6 is 11.6 Å². The molecule has 0 unspecified atom stereocenters. The molecule has 1 N–H and O–H groups in total. The van der Waals surface area contributed by atoms with Gasteiger partial charge in [-0.25, -0.2) is 0 Å². The van der Waals surface area contributed by atoms with Crippen LogP contribution in [-0.2, 0) is 16.9 Å². The van der Waals surface area contributed by atoms with Gasteiger partial charge < -0.3 is 10.2 Å². The molecule has 2 heterocycles. The van der Waals surface area contributed by atoms with Crippen molar-refractivity contribution in [1.29, 1.82) is 0 Å². The normalized spacial score (nSPS) is 22.2. The van der Waals surface area contributed by atoms with E-state index in [4.69, 9.17) is 16.6 Å². The number of nitrogens with zero attached hydrogens (tertiary/aromatic N) is 3. The summed E-state index contributed by atoms with van der Waals surface area (Å²) in [5.74, 6) is 0.531. The van der Waals surface area contributed by atoms with E-state index in [2.05, 4.69) is 15.2 Å². The van der Waals surface area contributed by atoms with Crippen LogP contribution in [0.25, 0.3) is 0 Å². The lowest BCUT2D eigenvalue weighted by Gasteiger charge is -2.37. The predicted octanol–water partition coefficient (Wildman–Crippen LogP) is 4.74. The Hall–Kier alpha value is -3.18. The second kappa shape index (κ2) is 8.75. The van der Waals surface area contributed by atoms with Gasteiger partial charge in [0, 0.05) is 30.5 Å². The number of nitrogens with one attached hydrogen (secondary N) is 1. The summed E-state index contributed by atoms with van der Waals surface area (Å²) < 4.78 is 0. The van der Waals surface area contributed by atoms with Gasteiger partial charge in [0.2, 0.25) is 0 Å². The van der Waals surface area contributed by atoms with Crippen molar-refractivity contribution in [3.05, 3.63) is 101 Å². The Kier molecular flexibility index (Phi) is 5.66. The van der Waals surface area contributed by atoms with E-state index in [9.17, 15) is 4.79 Å². The molecule has 2 atom stereocenters. The Balaban J connectivity index is 1.56. The number of amides is 1. The van der Waals surface area contributed by atoms with E-state index < -0.39 is 5.54 Å². The summed E-state index contributed by atoms with van der Waals surface area (Å²) in [6.07, 6.45) is 7.81. The molecule has 2 aliphatic rings. The summed E-state index contributed by atoms with van der Waals surface area (Å²) in [5, 5.41) is 3.81. The zero-order chi connectivity index (χ0) is 22.0. The number of halogens is 1. The van der Waals surface area contributed by atoms with Gasteiger partial charge in [0.25, 0.3) is 5.91 Å². The molecule has 1 aliphatic carbocycles. The maximum atomic E-state index is 13.9. The quantitative estimate of drug-likeness (QED) is 0.572. The second-order valence-electron chi connectivity index (χ2n) is 8.52. The van der Waals surface area contributed by atoms with Crippen LogP contribution in [0.5, 0.6) is 0 Å². The summed E-state index contributed by atoms with van der Waals surface area (Å²) in [6, 6.07) is 21.2. The fourth-order valence-corrected chi connectivity index (χ4v) is 4.56. The number of hydrogen-bond donors (Lipinski definition) is 1. The van der Waals surface area contributed by atoms with Crippen molar-refractivity contribution in [2.45, 2.75) is 31.0 Å². The van der Waals surface area contributed by atoms with Crippen LogP contribution < -0.4 is 5.32 Å². The molecule has 32 heavy (non-hydrogen) atoms. The Labute approximate surface area is 193 Å². The van der Waals surface area contributed by atoms with E-state index in [1.54, 1.807) is 12.4 Å². The number of aromatic nitrogens is 1. The highest BCUT2D eigenvalue weighted by molar-refractivity contribution is 6.30. The van der Waals surface area contributed by atoms with Crippen molar-refractivity contribution in [3.8, 4) is 0 Å². The van der Waals surface area contributed by atoms with E-state index in [-0.39, 0.29) is 11.9 Å². The molecule has 2 aromatic carbocycles. The lowest BCUT2D eigenvalue weighted by atomic mass is 9.79. The van der Waals surface area contributed by atoms with Crippen molar-refractivity contribution >= 4 is 23.8 Å². The van der Waals surface area contributed by atoms with Gasteiger partial charge in [0.05, 0.1) is 12.4 Å². The van der Waals surface area contributed by atoms with Gasteiger partial charge in [-0.05, 0) is 53.6 Å². The SMILES string of the molecule is O=C(NCc1cccnc1)[C@]1(c2ccccc2)N=CN(CC2CC2)[C@H]1c1ccc(Cl)cc1. The molecule has 1 aliphatic heterocycles. The molecule has 1 fully saturated rings. The first kappa shape index (κ1) is 20.7. The summed E-state index contributed by atoms with van der Waals surface area (Å²) >= 11 is 6.19. The van der Waals surface area contributed by atoms with Crippen LogP contribution in [0, 0.1) is 5.92 Å². The van der Waals surface area contributed by atoms with Crippen molar-refractivity contribution in [2.75, 3.05) is 6.54 Å². The number of rotatable bonds is 7. The smallest absolute Gasteiger partial charge is 0.255 e. The molecule has 5 rings (SSSR count). The molecule has 162 valence electrons. The van der Waals surface area contributed by atoms with E-state index in [0.29, 0.717) is 17.5 Å². The zero-order valence-corrected chi connectivity index (χ0v) is 18.4. The van der Waals surface area contributed by atoms with Gasteiger partial charge in [-0.2, -0.15) is 0 Å². The zero-order valence-electron chi connectivity index (χ0n) is 17.7. The first-order valence-electron chi connectivity index (χ1n) is 11.0. The van der Waals surface area contributed by atoms with Gasteiger partial charge in [0.15, 0.2) is 5.54 Å². The van der Waals surface area contributed by atoms with E-state index >= 15 is 0 Å². The predicted molar refractivity (Wildman–Crippen MR) is 126 cm³/mol. The molecule has 1 aromatic heterocycles. The monoisotopic (exact) mass is 444 g/mol. The van der Waals surface area contributed by atoms with Crippen molar-refractivity contribution < 1.29 is 4.79 Å². The molecular formula is C26H25ClN4O. The number of hydrogen-bond acceptors (Lipinski definition) is 4. The lowest BCUT2D eigenvalue weighted by Crippen LogP contribution is -2.48. The maximum Gasteiger partial charge on any atom is 0.255 e. The maximum absolute atomic E-state index is 13.9. The average Bonchev–Trinajstić information content (AvgIpc) is 3.58. The van der Waals surface area contributed by atoms with E-state index in [1.807, 2.05) is 73.1 Å². The van der Waals surface area contributed by atoms with Crippen LogP contribution in [0.2, 0.25) is 5.02 Å². The Bertz CT molecular complexity index is 1100. The summed E-state index contributed by atoms with van der Waals surface area (Å²) in [6.45, 7) is 1.29. The first-order chi connectivity index (χ1) is 15.7. The minimum absolute atomic E-state index is 0.123. The second-order valence-corrected chi connectivity index (χ2v) is 8.95. The fourth-order valence-electron chi connectivity index (χ4n) is 4.43. The number of carbonyl (C=O) groups is 1. The summed E-state index contributed by atoms with van der Waals surface area (Å²) in [5.41, 5.74) is 1.75. The summed E-state index contributed by atoms with van der Waals surface area (Å²) in [4.78, 5) is 25.3. The van der Waals surface area contributed by atoms with Crippen LogP contribution in [-0.4, -0.2) is 28.7 Å². The Morgan fingerprint density at radius 1 is 1.06 bits per heavy atom. The van der Waals surface area contributed by atoms with Crippen molar-refractivity contribution in [3.63, 3.8) is 0 Å². The summed E-state index contributed by atoms with van der Waals surface area (Å²) in [7, 11) is 0. The third-order valence-electron chi connectivity index (χ3n) is 6.22. The lowest BCUT2D eigenvalue weighted by molar-refractivity contribution is -0.128.